The van der Waals surface area contributed by atoms with Gasteiger partial charge in [0, 0.05) is 12.1 Å². The van der Waals surface area contributed by atoms with Crippen molar-refractivity contribution in [2.75, 3.05) is 20.3 Å². The number of ether oxygens (including phenoxy) is 3. The fourth-order valence-corrected chi connectivity index (χ4v) is 1.96. The van der Waals surface area contributed by atoms with E-state index in [0.717, 1.165) is 6.07 Å². The molecular formula is C17H24N2O7. The van der Waals surface area contributed by atoms with Crippen LogP contribution in [0.25, 0.3) is 0 Å². The predicted octanol–water partition coefficient (Wildman–Crippen LogP) is 2.32. The summed E-state index contributed by atoms with van der Waals surface area (Å²) in [4.78, 5) is 34.6. The van der Waals surface area contributed by atoms with E-state index in [4.69, 9.17) is 14.2 Å². The predicted molar refractivity (Wildman–Crippen MR) is 93.5 cm³/mol. The SMILES string of the molecule is CCOc1cc([N+](=O)[O-])c(C(=O)OCC(=O)NC(C)C(C)C)cc1OC. The number of esters is 1. The summed E-state index contributed by atoms with van der Waals surface area (Å²) in [5.74, 6) is -0.972. The normalized spacial score (nSPS) is 11.6. The molecular weight excluding hydrogens is 344 g/mol. The van der Waals surface area contributed by atoms with E-state index in [1.807, 2.05) is 20.8 Å². The van der Waals surface area contributed by atoms with Gasteiger partial charge in [0.05, 0.1) is 24.7 Å². The molecule has 1 atom stereocenters. The van der Waals surface area contributed by atoms with Crippen LogP contribution in [0.15, 0.2) is 12.1 Å². The minimum atomic E-state index is -0.995. The zero-order valence-corrected chi connectivity index (χ0v) is 15.5. The van der Waals surface area contributed by atoms with Crippen LogP contribution < -0.4 is 14.8 Å². The summed E-state index contributed by atoms with van der Waals surface area (Å²) < 4.78 is 15.3. The van der Waals surface area contributed by atoms with Crippen LogP contribution in [0.5, 0.6) is 11.5 Å². The molecule has 0 saturated heterocycles. The first-order chi connectivity index (χ1) is 12.2. The number of nitrogens with zero attached hydrogens (tertiary/aromatic N) is 1. The minimum absolute atomic E-state index is 0.0962. The van der Waals surface area contributed by atoms with Gasteiger partial charge in [-0.25, -0.2) is 4.79 Å². The number of carbonyl (C=O) groups is 2. The lowest BCUT2D eigenvalue weighted by Gasteiger charge is -2.17. The fourth-order valence-electron chi connectivity index (χ4n) is 1.96. The van der Waals surface area contributed by atoms with Gasteiger partial charge in [0.1, 0.15) is 5.56 Å². The fraction of sp³-hybridized carbons (Fsp3) is 0.529. The Balaban J connectivity index is 2.97. The van der Waals surface area contributed by atoms with Gasteiger partial charge in [0.2, 0.25) is 0 Å². The van der Waals surface area contributed by atoms with E-state index >= 15 is 0 Å². The molecule has 0 heterocycles. The first kappa shape index (κ1) is 21.2. The van der Waals surface area contributed by atoms with Crippen molar-refractivity contribution in [3.05, 3.63) is 27.8 Å². The Kier molecular flexibility index (Phi) is 7.82. The second-order valence-electron chi connectivity index (χ2n) is 5.89. The summed E-state index contributed by atoms with van der Waals surface area (Å²) in [6.45, 7) is 7.14. The molecule has 0 aromatic heterocycles. The molecule has 9 heteroatoms. The van der Waals surface area contributed by atoms with Crippen molar-refractivity contribution in [1.29, 1.82) is 0 Å². The Morgan fingerprint density at radius 1 is 1.23 bits per heavy atom. The summed E-state index contributed by atoms with van der Waals surface area (Å²) in [6.07, 6.45) is 0. The summed E-state index contributed by atoms with van der Waals surface area (Å²) in [7, 11) is 1.35. The maximum Gasteiger partial charge on any atom is 0.345 e. The highest BCUT2D eigenvalue weighted by Crippen LogP contribution is 2.35. The number of benzene rings is 1. The van der Waals surface area contributed by atoms with E-state index in [-0.39, 0.29) is 35.6 Å². The number of nitro groups is 1. The van der Waals surface area contributed by atoms with Crippen LogP contribution in [0.2, 0.25) is 0 Å². The van der Waals surface area contributed by atoms with Gasteiger partial charge in [-0.1, -0.05) is 13.8 Å². The van der Waals surface area contributed by atoms with Crippen LogP contribution in [-0.4, -0.2) is 43.2 Å². The van der Waals surface area contributed by atoms with E-state index < -0.39 is 29.1 Å². The molecule has 144 valence electrons. The quantitative estimate of drug-likeness (QED) is 0.404. The third kappa shape index (κ3) is 5.61. The van der Waals surface area contributed by atoms with Crippen LogP contribution in [-0.2, 0) is 9.53 Å². The van der Waals surface area contributed by atoms with Crippen molar-refractivity contribution < 1.29 is 28.7 Å². The van der Waals surface area contributed by atoms with E-state index in [0.29, 0.717) is 0 Å². The second kappa shape index (κ2) is 9.59. The molecule has 1 rings (SSSR count). The van der Waals surface area contributed by atoms with Gasteiger partial charge >= 0.3 is 5.97 Å². The third-order valence-electron chi connectivity index (χ3n) is 3.72. The zero-order valence-electron chi connectivity index (χ0n) is 15.5. The lowest BCUT2D eigenvalue weighted by Crippen LogP contribution is -2.38. The lowest BCUT2D eigenvalue weighted by atomic mass is 10.1. The molecule has 0 aliphatic carbocycles. The first-order valence-corrected chi connectivity index (χ1v) is 8.16. The number of nitro benzene ring substituents is 1. The topological polar surface area (TPSA) is 117 Å². The van der Waals surface area contributed by atoms with Crippen molar-refractivity contribution in [2.45, 2.75) is 33.7 Å². The van der Waals surface area contributed by atoms with E-state index in [1.165, 1.54) is 13.2 Å². The maximum absolute atomic E-state index is 12.2. The number of rotatable bonds is 9. The van der Waals surface area contributed by atoms with E-state index in [2.05, 4.69) is 5.32 Å². The molecule has 1 amide bonds. The molecule has 26 heavy (non-hydrogen) atoms. The zero-order chi connectivity index (χ0) is 19.9. The monoisotopic (exact) mass is 368 g/mol. The van der Waals surface area contributed by atoms with Gasteiger partial charge in [-0.15, -0.1) is 0 Å². The molecule has 0 spiro atoms. The van der Waals surface area contributed by atoms with E-state index in [1.54, 1.807) is 6.92 Å². The average molecular weight is 368 g/mol. The standard InChI is InChI=1S/C17H24N2O7/c1-6-25-15-8-13(19(22)23)12(7-14(15)24-5)17(21)26-9-16(20)18-11(4)10(2)3/h7-8,10-11H,6,9H2,1-5H3,(H,18,20). The third-order valence-corrected chi connectivity index (χ3v) is 3.72. The molecule has 0 saturated carbocycles. The lowest BCUT2D eigenvalue weighted by molar-refractivity contribution is -0.385. The molecule has 0 aliphatic heterocycles. The summed E-state index contributed by atoms with van der Waals surface area (Å²) in [6, 6.07) is 2.17. The number of hydrogen-bond acceptors (Lipinski definition) is 7. The van der Waals surface area contributed by atoms with Crippen molar-refractivity contribution in [3.63, 3.8) is 0 Å². The molecule has 9 nitrogen and oxygen atoms in total. The highest BCUT2D eigenvalue weighted by molar-refractivity contribution is 5.96. The molecule has 1 N–H and O–H groups in total. The summed E-state index contributed by atoms with van der Waals surface area (Å²) in [5, 5.41) is 13.9. The number of amides is 1. The Morgan fingerprint density at radius 2 is 1.88 bits per heavy atom. The van der Waals surface area contributed by atoms with Crippen LogP contribution >= 0.6 is 0 Å². The van der Waals surface area contributed by atoms with Gasteiger partial charge in [-0.3, -0.25) is 14.9 Å². The molecule has 0 aliphatic rings. The van der Waals surface area contributed by atoms with Crippen LogP contribution in [0.1, 0.15) is 38.1 Å². The molecule has 0 bridgehead atoms. The van der Waals surface area contributed by atoms with Gasteiger partial charge in [-0.05, 0) is 19.8 Å². The number of carbonyl (C=O) groups excluding carboxylic acids is 2. The molecule has 1 unspecified atom stereocenters. The van der Waals surface area contributed by atoms with Crippen LogP contribution in [0.4, 0.5) is 5.69 Å². The van der Waals surface area contributed by atoms with Gasteiger partial charge < -0.3 is 19.5 Å². The second-order valence-corrected chi connectivity index (χ2v) is 5.89. The number of methoxy groups -OCH3 is 1. The summed E-state index contributed by atoms with van der Waals surface area (Å²) >= 11 is 0. The average Bonchev–Trinajstić information content (AvgIpc) is 2.59. The Hall–Kier alpha value is -2.84. The van der Waals surface area contributed by atoms with Crippen molar-refractivity contribution >= 4 is 17.6 Å². The van der Waals surface area contributed by atoms with Crippen molar-refractivity contribution in [2.24, 2.45) is 5.92 Å². The number of hydrogen-bond donors (Lipinski definition) is 1. The van der Waals surface area contributed by atoms with Gasteiger partial charge in [0.15, 0.2) is 18.1 Å². The maximum atomic E-state index is 12.2. The van der Waals surface area contributed by atoms with Gasteiger partial charge in [0.25, 0.3) is 11.6 Å². The molecule has 0 fully saturated rings. The molecule has 1 aromatic carbocycles. The van der Waals surface area contributed by atoms with Crippen LogP contribution in [0.3, 0.4) is 0 Å². The molecule has 0 radical (unpaired) electrons. The van der Waals surface area contributed by atoms with Crippen molar-refractivity contribution in [3.8, 4) is 11.5 Å². The highest BCUT2D eigenvalue weighted by Gasteiger charge is 2.26. The van der Waals surface area contributed by atoms with Crippen LogP contribution in [0, 0.1) is 16.0 Å². The number of nitrogens with one attached hydrogen (secondary N) is 1. The Bertz CT molecular complexity index is 673. The van der Waals surface area contributed by atoms with E-state index in [9.17, 15) is 19.7 Å². The smallest absolute Gasteiger partial charge is 0.345 e. The molecule has 1 aromatic rings. The highest BCUT2D eigenvalue weighted by atomic mass is 16.6. The Morgan fingerprint density at radius 3 is 2.38 bits per heavy atom. The first-order valence-electron chi connectivity index (χ1n) is 8.16. The van der Waals surface area contributed by atoms with Gasteiger partial charge in [-0.2, -0.15) is 0 Å². The summed E-state index contributed by atoms with van der Waals surface area (Å²) in [5.41, 5.74) is -0.810. The Labute approximate surface area is 151 Å². The minimum Gasteiger partial charge on any atom is -0.493 e. The van der Waals surface area contributed by atoms with Crippen molar-refractivity contribution in [1.82, 2.24) is 5.32 Å². The largest absolute Gasteiger partial charge is 0.493 e.